The Balaban J connectivity index is 1.23. The van der Waals surface area contributed by atoms with Crippen molar-refractivity contribution in [1.82, 2.24) is 4.81 Å². The van der Waals surface area contributed by atoms with Crippen molar-refractivity contribution in [2.24, 2.45) is 0 Å². The summed E-state index contributed by atoms with van der Waals surface area (Å²) in [7, 11) is 11.3. The number of allylic oxidation sites excluding steroid dienone is 12. The molecule has 2 unspecified atom stereocenters. The van der Waals surface area contributed by atoms with Crippen LogP contribution in [0.4, 0.5) is 5.69 Å². The Morgan fingerprint density at radius 3 is 2.39 bits per heavy atom. The minimum absolute atomic E-state index is 0.156. The van der Waals surface area contributed by atoms with E-state index < -0.39 is 0 Å². The van der Waals surface area contributed by atoms with Gasteiger partial charge in [0.2, 0.25) is 0 Å². The first kappa shape index (κ1) is 39.2. The number of likely N-dealkylation sites (N-methyl/N-ethyl adjacent to an activating group) is 1. The maximum absolute atomic E-state index is 7.35. The predicted molar refractivity (Wildman–Crippen MR) is 262 cm³/mol. The number of thiophene rings is 1. The van der Waals surface area contributed by atoms with Crippen LogP contribution in [-0.2, 0) is 17.6 Å². The fourth-order valence-electron chi connectivity index (χ4n) is 11.4. The van der Waals surface area contributed by atoms with E-state index in [-0.39, 0.29) is 12.0 Å². The van der Waals surface area contributed by atoms with E-state index in [0.717, 1.165) is 69.2 Å². The number of aryl methyl sites for hydroxylation is 1. The van der Waals surface area contributed by atoms with Crippen LogP contribution in [-0.4, -0.2) is 26.9 Å². The van der Waals surface area contributed by atoms with Gasteiger partial charge in [-0.1, -0.05) is 110 Å². The number of hydrogen-bond acceptors (Lipinski definition) is 4. The highest BCUT2D eigenvalue weighted by Gasteiger charge is 2.43. The Morgan fingerprint density at radius 2 is 1.60 bits per heavy atom. The summed E-state index contributed by atoms with van der Waals surface area (Å²) in [6, 6.07) is 31.4. The van der Waals surface area contributed by atoms with Gasteiger partial charge in [-0.2, -0.15) is 0 Å². The molecule has 306 valence electrons. The number of ether oxygens (including phenoxy) is 1. The van der Waals surface area contributed by atoms with E-state index in [4.69, 9.17) is 12.7 Å². The van der Waals surface area contributed by atoms with E-state index in [1.165, 1.54) is 104 Å². The molecule has 5 aromatic rings. The van der Waals surface area contributed by atoms with Crippen molar-refractivity contribution < 1.29 is 4.74 Å². The maximum atomic E-state index is 7.35. The number of methoxy groups -OCH3 is 1. The molecular weight excluding hydrogens is 772 g/mol. The minimum Gasteiger partial charge on any atom is -0.499 e. The molecule has 0 spiro atoms. The fourth-order valence-corrected chi connectivity index (χ4v) is 12.7. The second kappa shape index (κ2) is 15.9. The van der Waals surface area contributed by atoms with E-state index in [0.29, 0.717) is 0 Å². The van der Waals surface area contributed by atoms with Crippen molar-refractivity contribution in [3.63, 3.8) is 0 Å². The van der Waals surface area contributed by atoms with Crippen molar-refractivity contribution in [2.45, 2.75) is 83.6 Å². The summed E-state index contributed by atoms with van der Waals surface area (Å²) in [6.45, 7) is 4.60. The Labute approximate surface area is 372 Å². The summed E-state index contributed by atoms with van der Waals surface area (Å²) in [5.41, 5.74) is 23.1. The molecule has 62 heavy (non-hydrogen) atoms. The Hall–Kier alpha value is -5.62. The third-order valence-electron chi connectivity index (χ3n) is 14.4. The summed E-state index contributed by atoms with van der Waals surface area (Å²) in [4.78, 5) is 6.10. The molecule has 2 radical (unpaired) electrons. The van der Waals surface area contributed by atoms with Gasteiger partial charge in [-0.05, 0) is 169 Å². The van der Waals surface area contributed by atoms with Gasteiger partial charge in [-0.25, -0.2) is 0 Å². The summed E-state index contributed by atoms with van der Waals surface area (Å²) in [5.74, 6) is 1.11. The van der Waals surface area contributed by atoms with E-state index in [1.54, 1.807) is 0 Å². The molecule has 0 bridgehead atoms. The smallest absolute Gasteiger partial charge is 0.183 e. The van der Waals surface area contributed by atoms with E-state index >= 15 is 0 Å². The van der Waals surface area contributed by atoms with E-state index in [1.807, 2.05) is 23.3 Å². The first-order chi connectivity index (χ1) is 30.4. The van der Waals surface area contributed by atoms with Crippen LogP contribution in [0.15, 0.2) is 166 Å². The first-order valence-corrected chi connectivity index (χ1v) is 23.5. The van der Waals surface area contributed by atoms with Gasteiger partial charge in [0, 0.05) is 38.4 Å². The Kier molecular flexibility index (Phi) is 10.1. The molecule has 1 aliphatic heterocycles. The highest BCUT2D eigenvalue weighted by atomic mass is 32.1. The van der Waals surface area contributed by atoms with Gasteiger partial charge in [-0.3, -0.25) is 0 Å². The number of hydrogen-bond donors (Lipinski definition) is 0. The molecule has 3 nitrogen and oxygen atoms in total. The van der Waals surface area contributed by atoms with Gasteiger partial charge in [0.1, 0.15) is 5.76 Å². The minimum atomic E-state index is -0.156. The number of nitrogens with zero attached hydrogens (tertiary/aromatic N) is 2. The lowest BCUT2D eigenvalue weighted by Crippen LogP contribution is -2.29. The lowest BCUT2D eigenvalue weighted by Gasteiger charge is -2.37. The van der Waals surface area contributed by atoms with Crippen LogP contribution in [0.25, 0.3) is 32.9 Å². The standard InChI is InChI=1S/C57H53BN2OS/c1-35-43-19-11-12-20-44(43)49-34-48(41-26-29-46-45-21-13-14-22-51(45)62-52(46)33-41)54-56(59(3)58)47-30-25-40(39-17-9-6-10-18-39)32-50(47)55(36(2)61-4)60(57(54)53(35)49)42-27-23-38(24-28-42)31-37-15-7-5-8-16-37/h5-9,11-17,19-23,27,32-35,56H,10,18,24-26,28-31H2,1-4H3/b55-36+. The third-order valence-corrected chi connectivity index (χ3v) is 15.6. The largest absolute Gasteiger partial charge is 0.499 e. The molecular formula is C57H53BN2OS. The third kappa shape index (κ3) is 6.50. The molecule has 2 atom stereocenters. The second-order valence-electron chi connectivity index (χ2n) is 18.0. The van der Waals surface area contributed by atoms with E-state index in [9.17, 15) is 0 Å². The molecule has 0 saturated carbocycles. The average molecular weight is 825 g/mol. The number of anilines is 1. The highest BCUT2D eigenvalue weighted by Crippen LogP contribution is 2.60. The summed E-state index contributed by atoms with van der Waals surface area (Å²) < 4.78 is 7.85. The first-order valence-electron chi connectivity index (χ1n) is 22.6. The molecule has 0 amide bonds. The monoisotopic (exact) mass is 824 g/mol. The normalized spacial score (nSPS) is 21.2. The van der Waals surface area contributed by atoms with Crippen LogP contribution >= 0.6 is 11.3 Å². The molecule has 5 aliphatic carbocycles. The molecule has 2 heterocycles. The van der Waals surface area contributed by atoms with Gasteiger partial charge in [0.25, 0.3) is 0 Å². The zero-order chi connectivity index (χ0) is 42.1. The second-order valence-corrected chi connectivity index (χ2v) is 19.1. The number of rotatable bonds is 7. The van der Waals surface area contributed by atoms with Crippen molar-refractivity contribution in [3.8, 4) is 11.1 Å². The lowest BCUT2D eigenvalue weighted by molar-refractivity contribution is 0.289. The van der Waals surface area contributed by atoms with Crippen LogP contribution < -0.4 is 4.90 Å². The molecule has 11 rings (SSSR count). The van der Waals surface area contributed by atoms with Crippen LogP contribution in [0.2, 0.25) is 0 Å². The van der Waals surface area contributed by atoms with Gasteiger partial charge >= 0.3 is 0 Å². The SMILES string of the molecule is [B]N(C)C1C2=C(C=C(C3=CC=CCC3)CC2)/C(=C(/C)OC)N(C2=CC=C(Cc3ccccc3)CC2)c2c3c(cc(C4=Cc5sc6ccccc6c5CC4)c21)-c1ccccc1C3C. The number of fused-ring (bicyclic) bond motifs is 8. The Morgan fingerprint density at radius 1 is 0.790 bits per heavy atom. The highest BCUT2D eigenvalue weighted by molar-refractivity contribution is 7.20. The maximum Gasteiger partial charge on any atom is 0.183 e. The number of benzene rings is 4. The molecule has 5 heteroatoms. The summed E-state index contributed by atoms with van der Waals surface area (Å²) >= 11 is 1.94. The average Bonchev–Trinajstić information content (AvgIpc) is 3.78. The van der Waals surface area contributed by atoms with Crippen molar-refractivity contribution in [2.75, 3.05) is 19.1 Å². The molecule has 0 fully saturated rings. The van der Waals surface area contributed by atoms with Gasteiger partial charge < -0.3 is 14.4 Å². The van der Waals surface area contributed by atoms with Gasteiger partial charge in [-0.15, -0.1) is 11.3 Å². The van der Waals surface area contributed by atoms with Gasteiger partial charge in [0.05, 0.1) is 18.5 Å². The summed E-state index contributed by atoms with van der Waals surface area (Å²) in [6.07, 6.45) is 25.7. The van der Waals surface area contributed by atoms with Crippen molar-refractivity contribution in [1.29, 1.82) is 0 Å². The van der Waals surface area contributed by atoms with Crippen LogP contribution in [0.1, 0.15) is 109 Å². The van der Waals surface area contributed by atoms with Crippen molar-refractivity contribution >= 4 is 46.7 Å². The van der Waals surface area contributed by atoms with Crippen molar-refractivity contribution in [3.05, 3.63) is 205 Å². The zero-order valence-corrected chi connectivity index (χ0v) is 37.2. The van der Waals surface area contributed by atoms with Crippen LogP contribution in [0, 0.1) is 0 Å². The van der Waals surface area contributed by atoms with E-state index in [2.05, 4.69) is 153 Å². The van der Waals surface area contributed by atoms with Crippen LogP contribution in [0.5, 0.6) is 0 Å². The molecule has 0 N–H and O–H groups in total. The predicted octanol–water partition coefficient (Wildman–Crippen LogP) is 14.4. The van der Waals surface area contributed by atoms with Crippen LogP contribution in [0.3, 0.4) is 0 Å². The Bertz CT molecular complexity index is 2930. The molecule has 1 aromatic heterocycles. The summed E-state index contributed by atoms with van der Waals surface area (Å²) in [5, 5.41) is 1.40. The fraction of sp³-hybridized carbons (Fsp3) is 0.263. The molecule has 6 aliphatic rings. The lowest BCUT2D eigenvalue weighted by atomic mass is 9.77. The molecule has 4 aromatic carbocycles. The van der Waals surface area contributed by atoms with Gasteiger partial charge in [0.15, 0.2) is 7.98 Å². The quantitative estimate of drug-likeness (QED) is 0.120. The zero-order valence-electron chi connectivity index (χ0n) is 36.4. The topological polar surface area (TPSA) is 15.7 Å². The molecule has 0 saturated heterocycles.